The van der Waals surface area contributed by atoms with Gasteiger partial charge in [0.2, 0.25) is 0 Å². The van der Waals surface area contributed by atoms with Crippen molar-refractivity contribution in [3.8, 4) is 0 Å². The standard InChI is InChI=1S/C22H25PSi.Au/c1-24(2,3)18-19-12-10-11-17-22(19)23(20-13-6-4-7-14-20)21-15-8-5-9-16-21;/h4-17H,18H2,1-3H3;. The fourth-order valence-corrected chi connectivity index (χ4v) is 7.10. The van der Waals surface area contributed by atoms with Crippen LogP contribution < -0.4 is 15.9 Å². The van der Waals surface area contributed by atoms with Crippen molar-refractivity contribution in [1.82, 2.24) is 0 Å². The van der Waals surface area contributed by atoms with Gasteiger partial charge in [-0.15, -0.1) is 0 Å². The minimum Gasteiger partial charge on any atom is -0.0693 e. The molecule has 0 saturated carbocycles. The maximum absolute atomic E-state index is 2.46. The number of hydrogen-bond donors (Lipinski definition) is 0. The van der Waals surface area contributed by atoms with Crippen molar-refractivity contribution in [1.29, 1.82) is 0 Å². The molecule has 3 heteroatoms. The molecular formula is C22H25AuPSi. The molecule has 0 bridgehead atoms. The zero-order valence-corrected chi connectivity index (χ0v) is 19.1. The van der Waals surface area contributed by atoms with Crippen LogP contribution in [0, 0.1) is 0 Å². The smallest absolute Gasteiger partial charge is 0.0487 e. The van der Waals surface area contributed by atoms with Crippen LogP contribution in [-0.2, 0) is 28.4 Å². The third kappa shape index (κ3) is 5.51. The SMILES string of the molecule is C[Si](C)(C)Cc1ccccc1P(c1ccccc1)c1ccccc1.[Au]. The molecule has 0 heterocycles. The van der Waals surface area contributed by atoms with Crippen LogP contribution >= 0.6 is 7.92 Å². The van der Waals surface area contributed by atoms with E-state index in [1.807, 2.05) is 0 Å². The Labute approximate surface area is 170 Å². The Morgan fingerprint density at radius 1 is 0.640 bits per heavy atom. The van der Waals surface area contributed by atoms with Crippen LogP contribution in [0.25, 0.3) is 0 Å². The van der Waals surface area contributed by atoms with Gasteiger partial charge < -0.3 is 0 Å². The van der Waals surface area contributed by atoms with Crippen molar-refractivity contribution in [3.63, 3.8) is 0 Å². The van der Waals surface area contributed by atoms with E-state index in [-0.39, 0.29) is 22.4 Å². The predicted molar refractivity (Wildman–Crippen MR) is 112 cm³/mol. The third-order valence-corrected chi connectivity index (χ3v) is 7.97. The van der Waals surface area contributed by atoms with Gasteiger partial charge >= 0.3 is 0 Å². The van der Waals surface area contributed by atoms with E-state index in [2.05, 4.69) is 105 Å². The van der Waals surface area contributed by atoms with Gasteiger partial charge in [-0.2, -0.15) is 0 Å². The largest absolute Gasteiger partial charge is 0.0693 e. The monoisotopic (exact) mass is 545 g/mol. The van der Waals surface area contributed by atoms with E-state index in [9.17, 15) is 0 Å². The Hall–Kier alpha value is -0.953. The first kappa shape index (κ1) is 20.4. The molecule has 25 heavy (non-hydrogen) atoms. The molecule has 3 rings (SSSR count). The molecule has 0 amide bonds. The van der Waals surface area contributed by atoms with Crippen LogP contribution in [-0.4, -0.2) is 8.07 Å². The van der Waals surface area contributed by atoms with Crippen LogP contribution in [0.3, 0.4) is 0 Å². The fraction of sp³-hybridized carbons (Fsp3) is 0.182. The van der Waals surface area contributed by atoms with Gasteiger partial charge in [0.1, 0.15) is 0 Å². The van der Waals surface area contributed by atoms with Crippen LogP contribution in [0.15, 0.2) is 84.9 Å². The molecule has 0 spiro atoms. The van der Waals surface area contributed by atoms with E-state index in [4.69, 9.17) is 0 Å². The molecule has 0 aliphatic heterocycles. The van der Waals surface area contributed by atoms with E-state index in [1.165, 1.54) is 27.5 Å². The maximum atomic E-state index is 2.46. The van der Waals surface area contributed by atoms with Gasteiger partial charge in [0.25, 0.3) is 0 Å². The molecule has 0 aliphatic rings. The Kier molecular flexibility index (Phi) is 7.43. The average molecular weight is 545 g/mol. The van der Waals surface area contributed by atoms with Crippen molar-refractivity contribution < 1.29 is 22.4 Å². The number of rotatable bonds is 5. The second-order valence-electron chi connectivity index (χ2n) is 7.37. The van der Waals surface area contributed by atoms with Gasteiger partial charge in [0.05, 0.1) is 0 Å². The molecule has 0 aliphatic carbocycles. The van der Waals surface area contributed by atoms with E-state index in [0.29, 0.717) is 0 Å². The zero-order valence-electron chi connectivity index (χ0n) is 15.0. The molecule has 133 valence electrons. The molecule has 0 aromatic heterocycles. The summed E-state index contributed by atoms with van der Waals surface area (Å²) in [6.45, 7) is 7.37. The molecule has 0 unspecified atom stereocenters. The van der Waals surface area contributed by atoms with Gasteiger partial charge in [-0.25, -0.2) is 0 Å². The molecule has 0 nitrogen and oxygen atoms in total. The minimum atomic E-state index is -1.17. The summed E-state index contributed by atoms with van der Waals surface area (Å²) in [5, 5.41) is 4.38. The molecule has 3 aromatic rings. The van der Waals surface area contributed by atoms with Crippen molar-refractivity contribution in [2.24, 2.45) is 0 Å². The molecule has 0 saturated heterocycles. The molecule has 0 N–H and O–H groups in total. The summed E-state index contributed by atoms with van der Waals surface area (Å²) < 4.78 is 0. The molecule has 3 aromatic carbocycles. The minimum absolute atomic E-state index is 0. The van der Waals surface area contributed by atoms with Gasteiger partial charge in [0, 0.05) is 30.5 Å². The Morgan fingerprint density at radius 2 is 1.08 bits per heavy atom. The summed E-state index contributed by atoms with van der Waals surface area (Å²) in [5.41, 5.74) is 1.54. The van der Waals surface area contributed by atoms with Crippen LogP contribution in [0.1, 0.15) is 5.56 Å². The normalized spacial score (nSPS) is 11.2. The third-order valence-electron chi connectivity index (χ3n) is 3.98. The predicted octanol–water partition coefficient (Wildman–Crippen LogP) is 4.86. The first-order chi connectivity index (χ1) is 11.5. The summed E-state index contributed by atoms with van der Waals surface area (Å²) >= 11 is 0. The van der Waals surface area contributed by atoms with Crippen molar-refractivity contribution in [2.75, 3.05) is 0 Å². The summed E-state index contributed by atoms with van der Waals surface area (Å²) in [4.78, 5) is 0. The second-order valence-corrected chi connectivity index (χ2v) is 15.0. The summed E-state index contributed by atoms with van der Waals surface area (Å²) in [6, 6.07) is 32.3. The van der Waals surface area contributed by atoms with Crippen LogP contribution in [0.2, 0.25) is 19.6 Å². The first-order valence-electron chi connectivity index (χ1n) is 8.53. The van der Waals surface area contributed by atoms with Crippen LogP contribution in [0.5, 0.6) is 0 Å². The second kappa shape index (κ2) is 9.12. The molecule has 1 radical (unpaired) electrons. The van der Waals surface area contributed by atoms with Crippen molar-refractivity contribution >= 4 is 31.9 Å². The summed E-state index contributed by atoms with van der Waals surface area (Å²) in [5.74, 6) is 0. The topological polar surface area (TPSA) is 0 Å². The fourth-order valence-electron chi connectivity index (χ4n) is 3.03. The van der Waals surface area contributed by atoms with Crippen molar-refractivity contribution in [2.45, 2.75) is 25.7 Å². The van der Waals surface area contributed by atoms with E-state index in [0.717, 1.165) is 0 Å². The van der Waals surface area contributed by atoms with E-state index in [1.54, 1.807) is 0 Å². The van der Waals surface area contributed by atoms with Gasteiger partial charge in [-0.1, -0.05) is 105 Å². The number of hydrogen-bond acceptors (Lipinski definition) is 0. The van der Waals surface area contributed by atoms with Gasteiger partial charge in [-0.3, -0.25) is 0 Å². The molecular weight excluding hydrogens is 520 g/mol. The van der Waals surface area contributed by atoms with Gasteiger partial charge in [-0.05, 0) is 35.4 Å². The summed E-state index contributed by atoms with van der Waals surface area (Å²) in [7, 11) is -1.66. The van der Waals surface area contributed by atoms with E-state index < -0.39 is 16.0 Å². The maximum Gasteiger partial charge on any atom is 0.0487 e. The van der Waals surface area contributed by atoms with Crippen molar-refractivity contribution in [3.05, 3.63) is 90.5 Å². The van der Waals surface area contributed by atoms with E-state index >= 15 is 0 Å². The first-order valence-corrected chi connectivity index (χ1v) is 13.6. The summed E-state index contributed by atoms with van der Waals surface area (Å²) in [6.07, 6.45) is 0. The van der Waals surface area contributed by atoms with Crippen LogP contribution in [0.4, 0.5) is 0 Å². The Balaban J connectivity index is 0.00000225. The number of benzene rings is 3. The molecule has 0 fully saturated rings. The van der Waals surface area contributed by atoms with Gasteiger partial charge in [0.15, 0.2) is 0 Å². The molecule has 0 atom stereocenters. The quantitative estimate of drug-likeness (QED) is 0.318. The Morgan fingerprint density at radius 3 is 1.56 bits per heavy atom. The zero-order chi connectivity index (χ0) is 17.0. The average Bonchev–Trinajstić information content (AvgIpc) is 2.57. The Bertz CT molecular complexity index is 742.